The first kappa shape index (κ1) is 17.6. The molecule has 134 valence electrons. The fourth-order valence-electron chi connectivity index (χ4n) is 4.56. The number of methoxy groups -OCH3 is 1. The Morgan fingerprint density at radius 1 is 1.29 bits per heavy atom. The Kier molecular flexibility index (Phi) is 4.12. The predicted octanol–water partition coefficient (Wildman–Crippen LogP) is 3.96. The average molecular weight is 333 g/mol. The van der Waals surface area contributed by atoms with E-state index in [1.54, 1.807) is 7.11 Å². The van der Waals surface area contributed by atoms with Crippen LogP contribution in [0.1, 0.15) is 59.1 Å². The van der Waals surface area contributed by atoms with Crippen LogP contribution in [0.3, 0.4) is 0 Å². The van der Waals surface area contributed by atoms with Gasteiger partial charge in [0.05, 0.1) is 12.6 Å². The maximum atomic E-state index is 5.97. The molecule has 3 rings (SSSR count). The van der Waals surface area contributed by atoms with Crippen LogP contribution >= 0.6 is 0 Å². The number of hydrogen-bond donors (Lipinski definition) is 1. The standard InChI is InChI=1S/C20H31NO3/c1-8-23-13(2)24-15-10-9-14-16(17(15)22-7)19(6)12-21-20(14,19)11-18(3,4)5/h9-10,13,21H,8,11-12H2,1-7H3. The summed E-state index contributed by atoms with van der Waals surface area (Å²) in [5.41, 5.74) is 3.10. The van der Waals surface area contributed by atoms with Crippen LogP contribution in [0.25, 0.3) is 0 Å². The van der Waals surface area contributed by atoms with Crippen molar-refractivity contribution in [3.63, 3.8) is 0 Å². The molecule has 0 amide bonds. The quantitative estimate of drug-likeness (QED) is 0.800. The molecular formula is C20H31NO3. The Balaban J connectivity index is 1.98. The Morgan fingerprint density at radius 3 is 2.50 bits per heavy atom. The van der Waals surface area contributed by atoms with E-state index < -0.39 is 0 Å². The van der Waals surface area contributed by atoms with Gasteiger partial charge in [-0.25, -0.2) is 0 Å². The Morgan fingerprint density at radius 2 is 2.00 bits per heavy atom. The van der Waals surface area contributed by atoms with E-state index in [0.717, 1.165) is 24.5 Å². The van der Waals surface area contributed by atoms with Gasteiger partial charge in [0.2, 0.25) is 0 Å². The normalized spacial score (nSPS) is 29.0. The second-order valence-corrected chi connectivity index (χ2v) is 8.49. The maximum absolute atomic E-state index is 5.97. The van der Waals surface area contributed by atoms with Crippen LogP contribution in [0.5, 0.6) is 11.5 Å². The third kappa shape index (κ3) is 2.34. The SMILES string of the molecule is CCOC(C)Oc1ccc2c(c1OC)C1(C)CNC21CC(C)(C)C. The zero-order valence-corrected chi connectivity index (χ0v) is 16.1. The summed E-state index contributed by atoms with van der Waals surface area (Å²) in [6, 6.07) is 4.22. The summed E-state index contributed by atoms with van der Waals surface area (Å²) in [5, 5.41) is 3.72. The lowest BCUT2D eigenvalue weighted by Gasteiger charge is -2.69. The molecule has 1 fully saturated rings. The van der Waals surface area contributed by atoms with Crippen LogP contribution in [-0.4, -0.2) is 26.6 Å². The highest BCUT2D eigenvalue weighted by molar-refractivity contribution is 5.67. The van der Waals surface area contributed by atoms with E-state index in [2.05, 4.69) is 39.1 Å². The van der Waals surface area contributed by atoms with Crippen molar-refractivity contribution in [2.24, 2.45) is 5.41 Å². The van der Waals surface area contributed by atoms with Gasteiger partial charge in [0.25, 0.3) is 0 Å². The lowest BCUT2D eigenvalue weighted by molar-refractivity contribution is -0.0635. The minimum absolute atomic E-state index is 0.0674. The minimum Gasteiger partial charge on any atom is -0.493 e. The summed E-state index contributed by atoms with van der Waals surface area (Å²) in [6.45, 7) is 14.8. The van der Waals surface area contributed by atoms with Crippen LogP contribution in [-0.2, 0) is 15.7 Å². The van der Waals surface area contributed by atoms with Gasteiger partial charge in [-0.1, -0.05) is 33.8 Å². The third-order valence-electron chi connectivity index (χ3n) is 5.51. The van der Waals surface area contributed by atoms with Gasteiger partial charge in [-0.3, -0.25) is 0 Å². The minimum atomic E-state index is -0.284. The highest BCUT2D eigenvalue weighted by Gasteiger charge is 2.68. The van der Waals surface area contributed by atoms with Gasteiger partial charge in [-0.15, -0.1) is 0 Å². The number of ether oxygens (including phenoxy) is 3. The zero-order valence-electron chi connectivity index (χ0n) is 16.1. The molecule has 0 spiro atoms. The molecule has 24 heavy (non-hydrogen) atoms. The van der Waals surface area contributed by atoms with Crippen molar-refractivity contribution in [1.29, 1.82) is 0 Å². The van der Waals surface area contributed by atoms with E-state index in [4.69, 9.17) is 14.2 Å². The van der Waals surface area contributed by atoms with Crippen molar-refractivity contribution in [3.05, 3.63) is 23.3 Å². The Labute approximate surface area is 145 Å². The summed E-state index contributed by atoms with van der Waals surface area (Å²) in [6.07, 6.45) is 0.830. The van der Waals surface area contributed by atoms with Gasteiger partial charge >= 0.3 is 0 Å². The van der Waals surface area contributed by atoms with E-state index in [0.29, 0.717) is 6.61 Å². The average Bonchev–Trinajstić information content (AvgIpc) is 2.50. The highest BCUT2D eigenvalue weighted by Crippen LogP contribution is 2.67. The largest absolute Gasteiger partial charge is 0.493 e. The fourth-order valence-corrected chi connectivity index (χ4v) is 4.56. The summed E-state index contributed by atoms with van der Waals surface area (Å²) in [7, 11) is 1.73. The summed E-state index contributed by atoms with van der Waals surface area (Å²) in [5.74, 6) is 1.64. The van der Waals surface area contributed by atoms with Gasteiger partial charge in [0.15, 0.2) is 17.8 Å². The molecule has 1 aliphatic carbocycles. The Bertz CT molecular complexity index is 637. The molecule has 1 aromatic carbocycles. The summed E-state index contributed by atoms with van der Waals surface area (Å²) >= 11 is 0. The van der Waals surface area contributed by atoms with Crippen molar-refractivity contribution < 1.29 is 14.2 Å². The van der Waals surface area contributed by atoms with Gasteiger partial charge in [-0.05, 0) is 37.3 Å². The molecule has 4 heteroatoms. The third-order valence-corrected chi connectivity index (χ3v) is 5.51. The van der Waals surface area contributed by atoms with Crippen LogP contribution < -0.4 is 14.8 Å². The van der Waals surface area contributed by atoms with Crippen molar-refractivity contribution >= 4 is 0 Å². The van der Waals surface area contributed by atoms with Crippen LogP contribution in [0.4, 0.5) is 0 Å². The number of fused-ring (bicyclic) bond motifs is 4. The fraction of sp³-hybridized carbons (Fsp3) is 0.700. The number of rotatable bonds is 6. The molecule has 1 aromatic rings. The smallest absolute Gasteiger partial charge is 0.197 e. The van der Waals surface area contributed by atoms with Crippen LogP contribution in [0.2, 0.25) is 0 Å². The lowest BCUT2D eigenvalue weighted by atomic mass is 9.43. The summed E-state index contributed by atoms with van der Waals surface area (Å²) < 4.78 is 17.3. The van der Waals surface area contributed by atoms with Crippen molar-refractivity contribution in [1.82, 2.24) is 5.32 Å². The first-order valence-corrected chi connectivity index (χ1v) is 8.94. The molecule has 0 bridgehead atoms. The topological polar surface area (TPSA) is 39.7 Å². The predicted molar refractivity (Wildman–Crippen MR) is 95.8 cm³/mol. The molecule has 1 saturated heterocycles. The van der Waals surface area contributed by atoms with Crippen molar-refractivity contribution in [2.45, 2.75) is 65.2 Å². The monoisotopic (exact) mass is 333 g/mol. The molecule has 3 unspecified atom stereocenters. The maximum Gasteiger partial charge on any atom is 0.197 e. The van der Waals surface area contributed by atoms with E-state index >= 15 is 0 Å². The highest BCUT2D eigenvalue weighted by atomic mass is 16.7. The van der Waals surface area contributed by atoms with Crippen LogP contribution in [0, 0.1) is 5.41 Å². The van der Waals surface area contributed by atoms with Crippen molar-refractivity contribution in [2.75, 3.05) is 20.3 Å². The lowest BCUT2D eigenvalue weighted by Crippen LogP contribution is -2.79. The molecule has 4 nitrogen and oxygen atoms in total. The second kappa shape index (κ2) is 5.63. The number of benzene rings is 1. The molecule has 0 radical (unpaired) electrons. The number of hydrogen-bond acceptors (Lipinski definition) is 4. The van der Waals surface area contributed by atoms with E-state index in [1.807, 2.05) is 19.9 Å². The molecule has 1 aliphatic heterocycles. The van der Waals surface area contributed by atoms with Gasteiger partial charge < -0.3 is 19.5 Å². The van der Waals surface area contributed by atoms with Gasteiger partial charge in [-0.2, -0.15) is 0 Å². The van der Waals surface area contributed by atoms with E-state index in [1.165, 1.54) is 11.1 Å². The summed E-state index contributed by atoms with van der Waals surface area (Å²) in [4.78, 5) is 0. The molecule has 0 saturated carbocycles. The molecule has 2 aliphatic rings. The van der Waals surface area contributed by atoms with Gasteiger partial charge in [0, 0.05) is 24.1 Å². The number of nitrogens with one attached hydrogen (secondary N) is 1. The van der Waals surface area contributed by atoms with E-state index in [-0.39, 0.29) is 22.7 Å². The first-order valence-electron chi connectivity index (χ1n) is 8.94. The molecule has 0 aromatic heterocycles. The zero-order chi connectivity index (χ0) is 17.8. The molecule has 1 N–H and O–H groups in total. The first-order chi connectivity index (χ1) is 11.2. The van der Waals surface area contributed by atoms with E-state index in [9.17, 15) is 0 Å². The molecular weight excluding hydrogens is 302 g/mol. The van der Waals surface area contributed by atoms with Crippen molar-refractivity contribution in [3.8, 4) is 11.5 Å². The van der Waals surface area contributed by atoms with Gasteiger partial charge in [0.1, 0.15) is 0 Å². The molecule has 1 heterocycles. The second-order valence-electron chi connectivity index (χ2n) is 8.49. The molecule has 3 atom stereocenters. The Hall–Kier alpha value is -1.26. The van der Waals surface area contributed by atoms with Crippen LogP contribution in [0.15, 0.2) is 12.1 Å².